The fraction of sp³-hybridized carbons (Fsp3) is 0.700. The lowest BCUT2D eigenvalue weighted by atomic mass is 9.95. The third-order valence-electron chi connectivity index (χ3n) is 2.79. The molecule has 0 N–H and O–H groups in total. The van der Waals surface area contributed by atoms with Crippen molar-refractivity contribution in [3.05, 3.63) is 16.6 Å². The number of hydrogen-bond donors (Lipinski definition) is 0. The van der Waals surface area contributed by atoms with E-state index in [9.17, 15) is 0 Å². The van der Waals surface area contributed by atoms with Crippen LogP contribution < -0.4 is 17.0 Å². The molecule has 3 heteroatoms. The summed E-state index contributed by atoms with van der Waals surface area (Å²) in [6.07, 6.45) is 7.07. The quantitative estimate of drug-likeness (QED) is 0.577. The Morgan fingerprint density at radius 3 is 2.54 bits per heavy atom. The van der Waals surface area contributed by atoms with Crippen LogP contribution in [0.5, 0.6) is 0 Å². The van der Waals surface area contributed by atoms with E-state index in [4.69, 9.17) is 0 Å². The normalized spacial score (nSPS) is 18.2. The third kappa shape index (κ3) is 2.44. The number of hydrogen-bond acceptors (Lipinski definition) is 1. The maximum absolute atomic E-state index is 2.46. The number of thiazole rings is 1. The van der Waals surface area contributed by atoms with Crippen molar-refractivity contribution < 1.29 is 17.0 Å². The van der Waals surface area contributed by atoms with Crippen LogP contribution in [0.3, 0.4) is 0 Å². The number of nitrogens with zero attached hydrogens (tertiary/aromatic N) is 1. The smallest absolute Gasteiger partial charge is 0.225 e. The summed E-state index contributed by atoms with van der Waals surface area (Å²) in [5.41, 5.74) is 3.71. The van der Waals surface area contributed by atoms with E-state index in [1.807, 2.05) is 11.3 Å². The van der Waals surface area contributed by atoms with Crippen LogP contribution in [-0.4, -0.2) is 0 Å². The van der Waals surface area contributed by atoms with Crippen LogP contribution in [0.1, 0.15) is 43.8 Å². The van der Waals surface area contributed by atoms with Gasteiger partial charge in [0.15, 0.2) is 11.7 Å². The van der Waals surface area contributed by atoms with E-state index >= 15 is 0 Å². The van der Waals surface area contributed by atoms with Crippen LogP contribution in [0.2, 0.25) is 0 Å². The molecule has 0 saturated heterocycles. The monoisotopic (exact) mass is 217 g/mol. The molecule has 0 atom stereocenters. The van der Waals surface area contributed by atoms with Gasteiger partial charge in [-0.1, -0.05) is 17.8 Å². The molecule has 0 spiro atoms. The second-order valence-corrected chi connectivity index (χ2v) is 4.42. The van der Waals surface area contributed by atoms with E-state index in [0.29, 0.717) is 0 Å². The summed E-state index contributed by atoms with van der Waals surface area (Å²) in [6.45, 7) is 2.21. The topological polar surface area (TPSA) is 3.88 Å². The van der Waals surface area contributed by atoms with Gasteiger partial charge in [-0.2, -0.15) is 4.57 Å². The van der Waals surface area contributed by atoms with Crippen molar-refractivity contribution in [1.82, 2.24) is 0 Å². The second kappa shape index (κ2) is 4.97. The minimum Gasteiger partial charge on any atom is -1.00 e. The molecule has 74 valence electrons. The largest absolute Gasteiger partial charge is 1.00 e. The molecule has 0 aliphatic heterocycles. The van der Waals surface area contributed by atoms with Crippen LogP contribution in [0.15, 0.2) is 10.9 Å². The van der Waals surface area contributed by atoms with E-state index in [1.165, 1.54) is 37.8 Å². The summed E-state index contributed by atoms with van der Waals surface area (Å²) >= 11 is 1.82. The molecule has 1 aromatic rings. The van der Waals surface area contributed by atoms with Gasteiger partial charge in [0.2, 0.25) is 5.51 Å². The predicted molar refractivity (Wildman–Crippen MR) is 51.4 cm³/mol. The molecule has 0 aromatic carbocycles. The molecular weight excluding hydrogens is 202 g/mol. The Labute approximate surface area is 90.2 Å². The Morgan fingerprint density at radius 1 is 1.31 bits per heavy atom. The van der Waals surface area contributed by atoms with Crippen LogP contribution in [-0.2, 0) is 0 Å². The zero-order valence-electron chi connectivity index (χ0n) is 8.00. The molecule has 1 nitrogen and oxygen atoms in total. The van der Waals surface area contributed by atoms with Crippen molar-refractivity contribution in [2.75, 3.05) is 0 Å². The molecule has 0 bridgehead atoms. The number of aromatic nitrogens is 1. The molecule has 0 radical (unpaired) electrons. The standard InChI is InChI=1S/C10H16NS.ClH/c1-9-7-12-8-11(9)10-5-3-2-4-6-10;/h7-8,10H,2-6H2,1H3;1H/q+1;/p-1. The summed E-state index contributed by atoms with van der Waals surface area (Å²) in [6, 6.07) is 0.810. The van der Waals surface area contributed by atoms with Crippen LogP contribution in [0.25, 0.3) is 0 Å². The highest BCUT2D eigenvalue weighted by atomic mass is 35.5. The first-order chi connectivity index (χ1) is 5.88. The Morgan fingerprint density at radius 2 is 2.00 bits per heavy atom. The van der Waals surface area contributed by atoms with Gasteiger partial charge < -0.3 is 12.4 Å². The minimum atomic E-state index is 0. The average Bonchev–Trinajstić information content (AvgIpc) is 2.53. The number of rotatable bonds is 1. The Hall–Kier alpha value is -0.0800. The Kier molecular flexibility index (Phi) is 4.20. The zero-order chi connectivity index (χ0) is 8.39. The van der Waals surface area contributed by atoms with Crippen LogP contribution in [0.4, 0.5) is 0 Å². The maximum Gasteiger partial charge on any atom is 0.225 e. The van der Waals surface area contributed by atoms with Gasteiger partial charge >= 0.3 is 0 Å². The number of aryl methyl sites for hydroxylation is 1. The molecular formula is C10H16ClNS. The zero-order valence-corrected chi connectivity index (χ0v) is 9.57. The highest BCUT2D eigenvalue weighted by molar-refractivity contribution is 7.07. The molecule has 1 fully saturated rings. The Balaban J connectivity index is 0.000000845. The number of halogens is 1. The van der Waals surface area contributed by atoms with E-state index in [0.717, 1.165) is 6.04 Å². The van der Waals surface area contributed by atoms with Gasteiger partial charge in [0, 0.05) is 19.8 Å². The van der Waals surface area contributed by atoms with E-state index < -0.39 is 0 Å². The minimum absolute atomic E-state index is 0. The fourth-order valence-corrected chi connectivity index (χ4v) is 2.92. The summed E-state index contributed by atoms with van der Waals surface area (Å²) in [5, 5.41) is 2.24. The first-order valence-electron chi connectivity index (χ1n) is 4.82. The van der Waals surface area contributed by atoms with Crippen molar-refractivity contribution in [1.29, 1.82) is 0 Å². The molecule has 1 aromatic heterocycles. The highest BCUT2D eigenvalue weighted by Crippen LogP contribution is 2.24. The van der Waals surface area contributed by atoms with Crippen LogP contribution >= 0.6 is 11.3 Å². The molecule has 13 heavy (non-hydrogen) atoms. The highest BCUT2D eigenvalue weighted by Gasteiger charge is 2.23. The van der Waals surface area contributed by atoms with Crippen molar-refractivity contribution in [3.63, 3.8) is 0 Å². The Bertz CT molecular complexity index is 253. The average molecular weight is 218 g/mol. The van der Waals surface area contributed by atoms with Gasteiger partial charge in [0.25, 0.3) is 0 Å². The van der Waals surface area contributed by atoms with E-state index in [-0.39, 0.29) is 12.4 Å². The van der Waals surface area contributed by atoms with Gasteiger partial charge in [-0.3, -0.25) is 0 Å². The predicted octanol–water partition coefficient (Wildman–Crippen LogP) is -0.147. The summed E-state index contributed by atoms with van der Waals surface area (Å²) in [7, 11) is 0. The summed E-state index contributed by atoms with van der Waals surface area (Å²) < 4.78 is 2.46. The van der Waals surface area contributed by atoms with E-state index in [1.54, 1.807) is 0 Å². The molecule has 0 unspecified atom stereocenters. The molecule has 1 heterocycles. The maximum atomic E-state index is 2.46. The second-order valence-electron chi connectivity index (χ2n) is 3.70. The first-order valence-corrected chi connectivity index (χ1v) is 5.76. The summed E-state index contributed by atoms with van der Waals surface area (Å²) in [4.78, 5) is 0. The SMILES string of the molecule is Cc1csc[n+]1C1CCCCC1.[Cl-]. The van der Waals surface area contributed by atoms with Gasteiger partial charge in [-0.15, -0.1) is 0 Å². The van der Waals surface area contributed by atoms with Gasteiger partial charge in [-0.25, -0.2) is 0 Å². The molecule has 1 saturated carbocycles. The fourth-order valence-electron chi connectivity index (χ4n) is 2.07. The molecule has 1 aliphatic rings. The van der Waals surface area contributed by atoms with E-state index in [2.05, 4.69) is 22.4 Å². The van der Waals surface area contributed by atoms with Crippen molar-refractivity contribution in [3.8, 4) is 0 Å². The van der Waals surface area contributed by atoms with Crippen molar-refractivity contribution >= 4 is 11.3 Å². The van der Waals surface area contributed by atoms with Gasteiger partial charge in [-0.05, 0) is 12.8 Å². The molecule has 1 aliphatic carbocycles. The van der Waals surface area contributed by atoms with Gasteiger partial charge in [0.05, 0.1) is 5.38 Å². The first kappa shape index (κ1) is 11.0. The van der Waals surface area contributed by atoms with Crippen molar-refractivity contribution in [2.24, 2.45) is 0 Å². The third-order valence-corrected chi connectivity index (χ3v) is 3.61. The lowest BCUT2D eigenvalue weighted by Crippen LogP contribution is -3.00. The molecule has 0 amide bonds. The van der Waals surface area contributed by atoms with Gasteiger partial charge in [0.1, 0.15) is 0 Å². The lowest BCUT2D eigenvalue weighted by molar-refractivity contribution is -0.726. The van der Waals surface area contributed by atoms with Crippen molar-refractivity contribution in [2.45, 2.75) is 45.1 Å². The lowest BCUT2D eigenvalue weighted by Gasteiger charge is -2.16. The summed E-state index contributed by atoms with van der Waals surface area (Å²) in [5.74, 6) is 0. The molecule has 2 rings (SSSR count). The van der Waals surface area contributed by atoms with Crippen LogP contribution in [0, 0.1) is 6.92 Å².